The first kappa shape index (κ1) is 9.38. The molecule has 2 aromatic rings. The van der Waals surface area contributed by atoms with Crippen LogP contribution in [0.3, 0.4) is 0 Å². The molecule has 7 nitrogen and oxygen atoms in total. The minimum atomic E-state index is -0.0122. The number of nitrogens with two attached hydrogens (primary N) is 1. The van der Waals surface area contributed by atoms with E-state index in [0.29, 0.717) is 11.6 Å². The number of nitrogen functional groups attached to an aromatic ring is 1. The summed E-state index contributed by atoms with van der Waals surface area (Å²) < 4.78 is 0. The maximum absolute atomic E-state index is 5.53. The van der Waals surface area contributed by atoms with E-state index in [4.69, 9.17) is 5.73 Å². The lowest BCUT2D eigenvalue weighted by molar-refractivity contribution is 0.789. The lowest BCUT2D eigenvalue weighted by atomic mass is 10.3. The molecule has 1 unspecified atom stereocenters. The molecule has 0 saturated heterocycles. The lowest BCUT2D eigenvalue weighted by Crippen LogP contribution is -2.10. The Bertz CT molecular complexity index is 424. The first-order valence-electron chi connectivity index (χ1n) is 4.45. The summed E-state index contributed by atoms with van der Waals surface area (Å²) in [7, 11) is 0. The second-order valence-electron chi connectivity index (χ2n) is 3.06. The van der Waals surface area contributed by atoms with Gasteiger partial charge in [0.05, 0.1) is 6.04 Å². The summed E-state index contributed by atoms with van der Waals surface area (Å²) in [4.78, 5) is 11.9. The van der Waals surface area contributed by atoms with Crippen LogP contribution in [-0.4, -0.2) is 25.1 Å². The lowest BCUT2D eigenvalue weighted by Gasteiger charge is -2.11. The van der Waals surface area contributed by atoms with E-state index >= 15 is 0 Å². The summed E-state index contributed by atoms with van der Waals surface area (Å²) in [5, 5.41) is 9.66. The van der Waals surface area contributed by atoms with Crippen molar-refractivity contribution in [2.75, 3.05) is 11.1 Å². The maximum atomic E-state index is 5.53. The zero-order valence-electron chi connectivity index (χ0n) is 8.18. The van der Waals surface area contributed by atoms with Crippen molar-refractivity contribution < 1.29 is 0 Å². The molecular formula is C8H11N7. The number of hydrogen-bond donors (Lipinski definition) is 3. The number of anilines is 2. The Morgan fingerprint density at radius 1 is 1.33 bits per heavy atom. The van der Waals surface area contributed by atoms with E-state index in [1.165, 1.54) is 12.7 Å². The fourth-order valence-corrected chi connectivity index (χ4v) is 1.17. The third-order valence-corrected chi connectivity index (χ3v) is 1.90. The van der Waals surface area contributed by atoms with Gasteiger partial charge in [0.2, 0.25) is 0 Å². The Morgan fingerprint density at radius 2 is 2.20 bits per heavy atom. The minimum absolute atomic E-state index is 0.0122. The molecule has 0 radical (unpaired) electrons. The van der Waals surface area contributed by atoms with Crippen LogP contribution in [0.5, 0.6) is 0 Å². The van der Waals surface area contributed by atoms with Gasteiger partial charge in [-0.2, -0.15) is 5.10 Å². The van der Waals surface area contributed by atoms with E-state index in [1.807, 2.05) is 6.92 Å². The smallest absolute Gasteiger partial charge is 0.146 e. The molecular weight excluding hydrogens is 194 g/mol. The molecule has 2 aromatic heterocycles. The van der Waals surface area contributed by atoms with Gasteiger partial charge in [-0.25, -0.2) is 15.0 Å². The molecule has 0 aliphatic rings. The number of nitrogens with one attached hydrogen (secondary N) is 2. The quantitative estimate of drug-likeness (QED) is 0.667. The van der Waals surface area contributed by atoms with Crippen LogP contribution in [0.1, 0.15) is 18.8 Å². The normalized spacial score (nSPS) is 12.3. The molecule has 2 rings (SSSR count). The van der Waals surface area contributed by atoms with E-state index in [9.17, 15) is 0 Å². The van der Waals surface area contributed by atoms with Crippen LogP contribution in [0.2, 0.25) is 0 Å². The summed E-state index contributed by atoms with van der Waals surface area (Å²) in [6, 6.07) is 1.65. The highest BCUT2D eigenvalue weighted by Crippen LogP contribution is 2.13. The van der Waals surface area contributed by atoms with Crippen molar-refractivity contribution in [1.29, 1.82) is 0 Å². The number of aromatic amines is 1. The average molecular weight is 205 g/mol. The van der Waals surface area contributed by atoms with Crippen molar-refractivity contribution in [3.63, 3.8) is 0 Å². The van der Waals surface area contributed by atoms with Crippen molar-refractivity contribution in [2.24, 2.45) is 0 Å². The highest BCUT2D eigenvalue weighted by atomic mass is 15.2. The largest absolute Gasteiger partial charge is 0.384 e. The zero-order valence-corrected chi connectivity index (χ0v) is 8.18. The molecule has 0 aliphatic carbocycles. The number of rotatable bonds is 3. The van der Waals surface area contributed by atoms with Gasteiger partial charge in [-0.05, 0) is 6.92 Å². The van der Waals surface area contributed by atoms with E-state index in [-0.39, 0.29) is 6.04 Å². The molecule has 0 amide bonds. The molecule has 0 spiro atoms. The topological polar surface area (TPSA) is 105 Å². The number of aromatic nitrogens is 5. The van der Waals surface area contributed by atoms with Gasteiger partial charge in [-0.1, -0.05) is 0 Å². The molecule has 7 heteroatoms. The van der Waals surface area contributed by atoms with Gasteiger partial charge in [0.1, 0.15) is 30.1 Å². The van der Waals surface area contributed by atoms with Gasteiger partial charge >= 0.3 is 0 Å². The van der Waals surface area contributed by atoms with Crippen LogP contribution in [0.15, 0.2) is 18.7 Å². The van der Waals surface area contributed by atoms with Crippen LogP contribution in [-0.2, 0) is 0 Å². The van der Waals surface area contributed by atoms with E-state index in [1.54, 1.807) is 6.07 Å². The van der Waals surface area contributed by atoms with Crippen molar-refractivity contribution in [3.05, 3.63) is 24.5 Å². The highest BCUT2D eigenvalue weighted by molar-refractivity contribution is 5.44. The SMILES string of the molecule is CC(Nc1cc(N)ncn1)c1ncn[nH]1. The average Bonchev–Trinajstić information content (AvgIpc) is 2.70. The van der Waals surface area contributed by atoms with E-state index in [0.717, 1.165) is 5.82 Å². The van der Waals surface area contributed by atoms with Crippen molar-refractivity contribution in [1.82, 2.24) is 25.1 Å². The summed E-state index contributed by atoms with van der Waals surface area (Å²) in [6.07, 6.45) is 2.87. The Kier molecular flexibility index (Phi) is 2.44. The number of hydrogen-bond acceptors (Lipinski definition) is 6. The monoisotopic (exact) mass is 205 g/mol. The zero-order chi connectivity index (χ0) is 10.7. The van der Waals surface area contributed by atoms with Crippen LogP contribution < -0.4 is 11.1 Å². The predicted molar refractivity (Wildman–Crippen MR) is 54.9 cm³/mol. The maximum Gasteiger partial charge on any atom is 0.146 e. The van der Waals surface area contributed by atoms with Crippen LogP contribution >= 0.6 is 0 Å². The third kappa shape index (κ3) is 2.19. The molecule has 2 heterocycles. The van der Waals surface area contributed by atoms with Crippen LogP contribution in [0.25, 0.3) is 0 Å². The molecule has 0 saturated carbocycles. The van der Waals surface area contributed by atoms with Gasteiger partial charge in [-0.3, -0.25) is 5.10 Å². The summed E-state index contributed by atoms with van der Waals surface area (Å²) >= 11 is 0. The number of H-pyrrole nitrogens is 1. The minimum Gasteiger partial charge on any atom is -0.384 e. The van der Waals surface area contributed by atoms with Gasteiger partial charge in [0.25, 0.3) is 0 Å². The van der Waals surface area contributed by atoms with Crippen molar-refractivity contribution in [2.45, 2.75) is 13.0 Å². The molecule has 0 aromatic carbocycles. The molecule has 4 N–H and O–H groups in total. The molecule has 0 fully saturated rings. The van der Waals surface area contributed by atoms with Crippen LogP contribution in [0, 0.1) is 0 Å². The first-order valence-corrected chi connectivity index (χ1v) is 4.45. The summed E-state index contributed by atoms with van der Waals surface area (Å²) in [5.41, 5.74) is 5.53. The van der Waals surface area contributed by atoms with Gasteiger partial charge in [0.15, 0.2) is 0 Å². The third-order valence-electron chi connectivity index (χ3n) is 1.90. The van der Waals surface area contributed by atoms with Crippen molar-refractivity contribution >= 4 is 11.6 Å². The fourth-order valence-electron chi connectivity index (χ4n) is 1.17. The molecule has 15 heavy (non-hydrogen) atoms. The molecule has 0 bridgehead atoms. The first-order chi connectivity index (χ1) is 7.25. The highest BCUT2D eigenvalue weighted by Gasteiger charge is 2.08. The van der Waals surface area contributed by atoms with E-state index < -0.39 is 0 Å². The summed E-state index contributed by atoms with van der Waals surface area (Å²) in [6.45, 7) is 1.94. The van der Waals surface area contributed by atoms with Crippen LogP contribution in [0.4, 0.5) is 11.6 Å². The van der Waals surface area contributed by atoms with Crippen molar-refractivity contribution in [3.8, 4) is 0 Å². The predicted octanol–water partition coefficient (Wildman–Crippen LogP) is 0.350. The molecule has 78 valence electrons. The Hall–Kier alpha value is -2.18. The van der Waals surface area contributed by atoms with Gasteiger partial charge < -0.3 is 11.1 Å². The van der Waals surface area contributed by atoms with Gasteiger partial charge in [0, 0.05) is 6.07 Å². The molecule has 1 atom stereocenters. The van der Waals surface area contributed by atoms with E-state index in [2.05, 4.69) is 30.5 Å². The summed E-state index contributed by atoms with van der Waals surface area (Å²) in [5.74, 6) is 1.83. The Balaban J connectivity index is 2.09. The Labute approximate surface area is 86.2 Å². The molecule has 0 aliphatic heterocycles. The fraction of sp³-hybridized carbons (Fsp3) is 0.250. The Morgan fingerprint density at radius 3 is 2.87 bits per heavy atom. The number of nitrogens with zero attached hydrogens (tertiary/aromatic N) is 4. The van der Waals surface area contributed by atoms with Gasteiger partial charge in [-0.15, -0.1) is 0 Å². The second-order valence-corrected chi connectivity index (χ2v) is 3.06. The standard InChI is InChI=1S/C8H11N7/c1-5(8-12-4-13-15-8)14-7-2-6(9)10-3-11-7/h2-5H,1H3,(H,12,13,15)(H3,9,10,11,14). The second kappa shape index (κ2) is 3.91.